The third kappa shape index (κ3) is 3.03. The van der Waals surface area contributed by atoms with Crippen molar-refractivity contribution in [2.75, 3.05) is 0 Å². The van der Waals surface area contributed by atoms with Crippen molar-refractivity contribution in [2.45, 2.75) is 13.8 Å². The number of carbonyl (C=O) groups excluding carboxylic acids is 1. The molecule has 0 aliphatic carbocycles. The highest BCUT2D eigenvalue weighted by Crippen LogP contribution is 2.22. The Morgan fingerprint density at radius 1 is 1.45 bits per heavy atom. The van der Waals surface area contributed by atoms with E-state index in [1.54, 1.807) is 19.1 Å². The van der Waals surface area contributed by atoms with Gasteiger partial charge in [0, 0.05) is 6.92 Å². The molecule has 104 valence electrons. The summed E-state index contributed by atoms with van der Waals surface area (Å²) in [6, 6.07) is 5.80. The summed E-state index contributed by atoms with van der Waals surface area (Å²) in [7, 11) is 0. The Morgan fingerprint density at radius 3 is 2.70 bits per heavy atom. The van der Waals surface area contributed by atoms with Crippen molar-refractivity contribution in [1.82, 2.24) is 15.2 Å². The molecule has 1 heterocycles. The molecule has 5 nitrogen and oxygen atoms in total. The minimum Gasteiger partial charge on any atom is -0.274 e. The molecule has 0 spiro atoms. The Labute approximate surface area is 120 Å². The van der Waals surface area contributed by atoms with Gasteiger partial charge in [-0.15, -0.1) is 0 Å². The van der Waals surface area contributed by atoms with Crippen molar-refractivity contribution in [3.63, 3.8) is 0 Å². The first-order valence-electron chi connectivity index (χ1n) is 5.79. The molecular formula is C13H12ClFN4O. The molecule has 0 bridgehead atoms. The number of carbonyl (C=O) groups is 1. The predicted octanol–water partition coefficient (Wildman–Crippen LogP) is 2.44. The first kappa shape index (κ1) is 14.2. The first-order chi connectivity index (χ1) is 9.49. The number of hydrazone groups is 1. The molecular weight excluding hydrogens is 283 g/mol. The summed E-state index contributed by atoms with van der Waals surface area (Å²) >= 11 is 6.22. The van der Waals surface area contributed by atoms with Gasteiger partial charge in [-0.05, 0) is 31.2 Å². The van der Waals surface area contributed by atoms with E-state index in [-0.39, 0.29) is 11.7 Å². The third-order valence-corrected chi connectivity index (χ3v) is 2.90. The summed E-state index contributed by atoms with van der Waals surface area (Å²) in [5.41, 5.74) is 4.16. The molecule has 0 radical (unpaired) electrons. The average Bonchev–Trinajstić information content (AvgIpc) is 2.67. The lowest BCUT2D eigenvalue weighted by Crippen LogP contribution is -2.12. The molecule has 1 aromatic heterocycles. The largest absolute Gasteiger partial charge is 0.274 e. The van der Waals surface area contributed by atoms with Crippen molar-refractivity contribution in [3.8, 4) is 5.69 Å². The van der Waals surface area contributed by atoms with Gasteiger partial charge in [-0.3, -0.25) is 4.79 Å². The van der Waals surface area contributed by atoms with Crippen LogP contribution in [-0.2, 0) is 4.79 Å². The van der Waals surface area contributed by atoms with E-state index in [1.165, 1.54) is 30.0 Å². The van der Waals surface area contributed by atoms with Crippen LogP contribution in [0.3, 0.4) is 0 Å². The second kappa shape index (κ2) is 5.83. The van der Waals surface area contributed by atoms with Crippen LogP contribution in [0.5, 0.6) is 0 Å². The summed E-state index contributed by atoms with van der Waals surface area (Å²) in [6.45, 7) is 3.12. The molecule has 0 fully saturated rings. The average molecular weight is 295 g/mol. The van der Waals surface area contributed by atoms with Gasteiger partial charge < -0.3 is 0 Å². The molecule has 7 heteroatoms. The van der Waals surface area contributed by atoms with Gasteiger partial charge in [-0.1, -0.05) is 11.6 Å². The maximum absolute atomic E-state index is 12.9. The second-order valence-electron chi connectivity index (χ2n) is 4.10. The van der Waals surface area contributed by atoms with E-state index in [2.05, 4.69) is 15.6 Å². The highest BCUT2D eigenvalue weighted by molar-refractivity contribution is 6.32. The van der Waals surface area contributed by atoms with E-state index in [4.69, 9.17) is 11.6 Å². The lowest BCUT2D eigenvalue weighted by molar-refractivity contribution is -0.118. The normalized spacial score (nSPS) is 11.0. The van der Waals surface area contributed by atoms with Crippen molar-refractivity contribution >= 4 is 23.7 Å². The first-order valence-corrected chi connectivity index (χ1v) is 6.17. The fourth-order valence-corrected chi connectivity index (χ4v) is 1.92. The minimum atomic E-state index is -0.332. The van der Waals surface area contributed by atoms with Crippen LogP contribution in [0, 0.1) is 12.7 Å². The summed E-state index contributed by atoms with van der Waals surface area (Å²) < 4.78 is 14.4. The number of halogens is 2. The molecule has 1 amide bonds. The Morgan fingerprint density at radius 2 is 2.10 bits per heavy atom. The predicted molar refractivity (Wildman–Crippen MR) is 74.7 cm³/mol. The number of amides is 1. The molecule has 0 saturated carbocycles. The van der Waals surface area contributed by atoms with Gasteiger partial charge in [0.25, 0.3) is 0 Å². The molecule has 1 N–H and O–H groups in total. The topological polar surface area (TPSA) is 59.3 Å². The fraction of sp³-hybridized carbons (Fsp3) is 0.154. The highest BCUT2D eigenvalue weighted by Gasteiger charge is 2.13. The molecule has 1 aromatic carbocycles. The quantitative estimate of drug-likeness (QED) is 0.698. The number of aromatic nitrogens is 2. The molecule has 0 aliphatic rings. The lowest BCUT2D eigenvalue weighted by Gasteiger charge is -2.02. The Balaban J connectivity index is 2.35. The van der Waals surface area contributed by atoms with Crippen LogP contribution >= 0.6 is 11.6 Å². The number of hydrogen-bond donors (Lipinski definition) is 1. The molecule has 2 aromatic rings. The van der Waals surface area contributed by atoms with Crippen molar-refractivity contribution in [3.05, 3.63) is 46.5 Å². The number of hydrogen-bond acceptors (Lipinski definition) is 3. The summed E-state index contributed by atoms with van der Waals surface area (Å²) in [6.07, 6.45) is 1.42. The number of nitrogens with zero attached hydrogens (tertiary/aromatic N) is 3. The van der Waals surface area contributed by atoms with E-state index < -0.39 is 0 Å². The second-order valence-corrected chi connectivity index (χ2v) is 4.46. The fourth-order valence-electron chi connectivity index (χ4n) is 1.60. The van der Waals surface area contributed by atoms with E-state index in [0.717, 1.165) is 0 Å². The minimum absolute atomic E-state index is 0.277. The summed E-state index contributed by atoms with van der Waals surface area (Å²) in [4.78, 5) is 10.7. The Hall–Kier alpha value is -2.21. The monoisotopic (exact) mass is 294 g/mol. The van der Waals surface area contributed by atoms with Gasteiger partial charge in [0.05, 0.1) is 23.2 Å². The summed E-state index contributed by atoms with van der Waals surface area (Å²) in [5, 5.41) is 8.36. The standard InChI is InChI=1S/C13H12ClFN4O/c1-8-12(7-16-17-9(2)20)13(14)19(18-8)11-5-3-10(15)4-6-11/h3-7H,1-2H3,(H,17,20)/b16-7-. The SMILES string of the molecule is CC(=O)N/N=C\c1c(C)nn(-c2ccc(F)cc2)c1Cl. The van der Waals surface area contributed by atoms with Crippen LogP contribution < -0.4 is 5.43 Å². The molecule has 0 aliphatic heterocycles. The van der Waals surface area contributed by atoms with Gasteiger partial charge in [0.1, 0.15) is 11.0 Å². The van der Waals surface area contributed by atoms with Gasteiger partial charge in [-0.2, -0.15) is 10.2 Å². The van der Waals surface area contributed by atoms with Crippen molar-refractivity contribution in [1.29, 1.82) is 0 Å². The van der Waals surface area contributed by atoms with Gasteiger partial charge in [0.15, 0.2) is 0 Å². The smallest absolute Gasteiger partial charge is 0.236 e. The van der Waals surface area contributed by atoms with Crippen LogP contribution in [0.2, 0.25) is 5.15 Å². The zero-order chi connectivity index (χ0) is 14.7. The van der Waals surface area contributed by atoms with E-state index in [9.17, 15) is 9.18 Å². The Kier molecular flexibility index (Phi) is 4.14. The molecule has 0 atom stereocenters. The van der Waals surface area contributed by atoms with Crippen LogP contribution in [0.15, 0.2) is 29.4 Å². The molecule has 0 saturated heterocycles. The van der Waals surface area contributed by atoms with Crippen molar-refractivity contribution < 1.29 is 9.18 Å². The lowest BCUT2D eigenvalue weighted by atomic mass is 10.3. The molecule has 2 rings (SSSR count). The van der Waals surface area contributed by atoms with Crippen LogP contribution in [0.4, 0.5) is 4.39 Å². The van der Waals surface area contributed by atoms with Gasteiger partial charge in [0.2, 0.25) is 5.91 Å². The van der Waals surface area contributed by atoms with Gasteiger partial charge >= 0.3 is 0 Å². The molecule has 0 unspecified atom stereocenters. The zero-order valence-electron chi connectivity index (χ0n) is 10.9. The summed E-state index contributed by atoms with van der Waals surface area (Å²) in [5.74, 6) is -0.609. The van der Waals surface area contributed by atoms with Crippen LogP contribution in [0.25, 0.3) is 5.69 Å². The number of rotatable bonds is 3. The van der Waals surface area contributed by atoms with E-state index in [1.807, 2.05) is 0 Å². The molecule has 20 heavy (non-hydrogen) atoms. The maximum atomic E-state index is 12.9. The highest BCUT2D eigenvalue weighted by atomic mass is 35.5. The number of benzene rings is 1. The number of aryl methyl sites for hydroxylation is 1. The third-order valence-electron chi connectivity index (χ3n) is 2.53. The van der Waals surface area contributed by atoms with E-state index in [0.29, 0.717) is 22.1 Å². The number of nitrogens with one attached hydrogen (secondary N) is 1. The van der Waals surface area contributed by atoms with Crippen LogP contribution in [0.1, 0.15) is 18.2 Å². The van der Waals surface area contributed by atoms with Crippen molar-refractivity contribution in [2.24, 2.45) is 5.10 Å². The zero-order valence-corrected chi connectivity index (χ0v) is 11.6. The van der Waals surface area contributed by atoms with Gasteiger partial charge in [-0.25, -0.2) is 14.5 Å². The van der Waals surface area contributed by atoms with E-state index >= 15 is 0 Å². The Bertz CT molecular complexity index is 664. The maximum Gasteiger partial charge on any atom is 0.236 e. The van der Waals surface area contributed by atoms with Crippen LogP contribution in [-0.4, -0.2) is 21.9 Å².